The third-order valence-electron chi connectivity index (χ3n) is 3.17. The summed E-state index contributed by atoms with van der Waals surface area (Å²) in [6, 6.07) is 1.36. The van der Waals surface area contributed by atoms with Crippen LogP contribution >= 0.6 is 0 Å². The summed E-state index contributed by atoms with van der Waals surface area (Å²) in [5.41, 5.74) is 7.33. The van der Waals surface area contributed by atoms with Gasteiger partial charge in [-0.15, -0.1) is 0 Å². The number of aromatic nitrogens is 1. The fourth-order valence-electron chi connectivity index (χ4n) is 1.90. The number of nitrogens with zero attached hydrogens (tertiary/aromatic N) is 2. The van der Waals surface area contributed by atoms with Crippen LogP contribution in [0.25, 0.3) is 0 Å². The highest BCUT2D eigenvalue weighted by Gasteiger charge is 2.32. The molecule has 0 radical (unpaired) electrons. The Hall–Kier alpha value is -2.11. The van der Waals surface area contributed by atoms with Crippen molar-refractivity contribution >= 4 is 23.3 Å². The quantitative estimate of drug-likeness (QED) is 0.745. The lowest BCUT2D eigenvalue weighted by Crippen LogP contribution is -2.48. The Morgan fingerprint density at radius 1 is 1.50 bits per heavy atom. The van der Waals surface area contributed by atoms with E-state index in [4.69, 9.17) is 5.73 Å². The fraction of sp³-hybridized carbons (Fsp3) is 0.417. The monoisotopic (exact) mass is 248 g/mol. The Kier molecular flexibility index (Phi) is 3.18. The first-order valence-corrected chi connectivity index (χ1v) is 5.78. The van der Waals surface area contributed by atoms with Gasteiger partial charge in [-0.2, -0.15) is 0 Å². The number of likely N-dealkylation sites (N-methyl/N-ethyl adjacent to an activating group) is 1. The second-order valence-corrected chi connectivity index (χ2v) is 4.42. The molecule has 1 aromatic rings. The van der Waals surface area contributed by atoms with E-state index in [0.29, 0.717) is 24.3 Å². The summed E-state index contributed by atoms with van der Waals surface area (Å²) >= 11 is 0. The molecule has 1 aliphatic heterocycles. The number of hydrogen-bond donors (Lipinski definition) is 2. The highest BCUT2D eigenvalue weighted by atomic mass is 16.2. The maximum atomic E-state index is 11.9. The number of nitrogens with one attached hydrogen (secondary N) is 1. The summed E-state index contributed by atoms with van der Waals surface area (Å²) in [6.07, 6.45) is 2.46. The molecule has 1 aromatic heterocycles. The minimum atomic E-state index is -0.440. The lowest BCUT2D eigenvalue weighted by atomic mass is 10.0. The van der Waals surface area contributed by atoms with Crippen molar-refractivity contribution in [1.82, 2.24) is 9.88 Å². The number of hydrogen-bond acceptors (Lipinski definition) is 5. The highest BCUT2D eigenvalue weighted by molar-refractivity contribution is 6.01. The molecule has 1 unspecified atom stereocenters. The topological polar surface area (TPSA) is 88.3 Å². The van der Waals surface area contributed by atoms with Crippen LogP contribution in [0.15, 0.2) is 12.3 Å². The molecule has 1 fully saturated rings. The van der Waals surface area contributed by atoms with Crippen molar-refractivity contribution in [3.63, 3.8) is 0 Å². The van der Waals surface area contributed by atoms with E-state index in [9.17, 15) is 9.59 Å². The van der Waals surface area contributed by atoms with Crippen LogP contribution in [-0.4, -0.2) is 34.8 Å². The summed E-state index contributed by atoms with van der Waals surface area (Å²) in [7, 11) is 1.49. The normalized spacial score (nSPS) is 20.1. The Morgan fingerprint density at radius 3 is 2.94 bits per heavy atom. The van der Waals surface area contributed by atoms with Crippen LogP contribution in [0.1, 0.15) is 18.4 Å². The predicted octanol–water partition coefficient (Wildman–Crippen LogP) is 0.532. The van der Waals surface area contributed by atoms with Gasteiger partial charge in [0.25, 0.3) is 5.91 Å². The van der Waals surface area contributed by atoms with Crippen LogP contribution in [-0.2, 0) is 9.59 Å². The van der Waals surface area contributed by atoms with Crippen molar-refractivity contribution in [3.05, 3.63) is 17.8 Å². The number of nitrogen functional groups attached to an aromatic ring is 1. The van der Waals surface area contributed by atoms with Crippen LogP contribution in [0.3, 0.4) is 0 Å². The van der Waals surface area contributed by atoms with Crippen molar-refractivity contribution in [1.29, 1.82) is 0 Å². The van der Waals surface area contributed by atoms with E-state index < -0.39 is 6.04 Å². The molecule has 6 heteroatoms. The van der Waals surface area contributed by atoms with E-state index >= 15 is 0 Å². The molecule has 3 N–H and O–H groups in total. The highest BCUT2D eigenvalue weighted by Crippen LogP contribution is 2.22. The van der Waals surface area contributed by atoms with Crippen molar-refractivity contribution < 1.29 is 9.59 Å². The summed E-state index contributed by atoms with van der Waals surface area (Å²) < 4.78 is 0. The maximum absolute atomic E-state index is 11.9. The summed E-state index contributed by atoms with van der Waals surface area (Å²) in [5.74, 6) is 0.105. The van der Waals surface area contributed by atoms with Crippen molar-refractivity contribution in [3.8, 4) is 0 Å². The number of carbonyl (C=O) groups excluding carboxylic acids is 2. The van der Waals surface area contributed by atoms with Crippen molar-refractivity contribution in [2.45, 2.75) is 25.8 Å². The van der Waals surface area contributed by atoms with Crippen LogP contribution in [0, 0.1) is 6.92 Å². The van der Waals surface area contributed by atoms with E-state index in [1.54, 1.807) is 12.3 Å². The Bertz CT molecular complexity index is 501. The Balaban J connectivity index is 2.17. The first kappa shape index (κ1) is 12.3. The predicted molar refractivity (Wildman–Crippen MR) is 67.8 cm³/mol. The van der Waals surface area contributed by atoms with E-state index in [-0.39, 0.29) is 11.8 Å². The van der Waals surface area contributed by atoms with Gasteiger partial charge < -0.3 is 11.1 Å². The van der Waals surface area contributed by atoms with Gasteiger partial charge in [-0.1, -0.05) is 0 Å². The molecule has 2 amide bonds. The average Bonchev–Trinajstić information content (AvgIpc) is 2.35. The number of aryl methyl sites for hydroxylation is 1. The molecule has 2 rings (SSSR count). The molecule has 0 aliphatic carbocycles. The van der Waals surface area contributed by atoms with E-state index in [2.05, 4.69) is 10.3 Å². The van der Waals surface area contributed by atoms with Crippen molar-refractivity contribution in [2.75, 3.05) is 18.1 Å². The molecule has 0 spiro atoms. The molecule has 96 valence electrons. The van der Waals surface area contributed by atoms with Crippen LogP contribution < -0.4 is 11.1 Å². The molecular formula is C12H16N4O2. The second kappa shape index (κ2) is 4.64. The zero-order chi connectivity index (χ0) is 13.3. The van der Waals surface area contributed by atoms with E-state index in [1.165, 1.54) is 7.05 Å². The SMILES string of the molecule is Cc1ccnc(NC2CCC(=O)N(C)C2=O)c1N. The van der Waals surface area contributed by atoms with Crippen LogP contribution in [0.5, 0.6) is 0 Å². The molecule has 1 atom stereocenters. The fourth-order valence-corrected chi connectivity index (χ4v) is 1.90. The minimum absolute atomic E-state index is 0.150. The first-order chi connectivity index (χ1) is 8.50. The third-order valence-corrected chi connectivity index (χ3v) is 3.17. The number of carbonyl (C=O) groups is 2. The van der Waals surface area contributed by atoms with Crippen molar-refractivity contribution in [2.24, 2.45) is 0 Å². The zero-order valence-corrected chi connectivity index (χ0v) is 10.4. The molecule has 6 nitrogen and oxygen atoms in total. The zero-order valence-electron chi connectivity index (χ0n) is 10.4. The largest absolute Gasteiger partial charge is 0.396 e. The van der Waals surface area contributed by atoms with Gasteiger partial charge in [-0.05, 0) is 25.0 Å². The smallest absolute Gasteiger partial charge is 0.251 e. The van der Waals surface area contributed by atoms with Gasteiger partial charge in [0.05, 0.1) is 5.69 Å². The van der Waals surface area contributed by atoms with Gasteiger partial charge in [-0.25, -0.2) is 4.98 Å². The molecule has 0 aromatic carbocycles. The van der Waals surface area contributed by atoms with Crippen LogP contribution in [0.4, 0.5) is 11.5 Å². The average molecular weight is 248 g/mol. The second-order valence-electron chi connectivity index (χ2n) is 4.42. The molecule has 0 saturated carbocycles. The van der Waals surface area contributed by atoms with E-state index in [1.807, 2.05) is 6.92 Å². The summed E-state index contributed by atoms with van der Waals surface area (Å²) in [5, 5.41) is 3.01. The summed E-state index contributed by atoms with van der Waals surface area (Å²) in [6.45, 7) is 1.88. The molecule has 1 saturated heterocycles. The van der Waals surface area contributed by atoms with Gasteiger partial charge in [0, 0.05) is 19.7 Å². The van der Waals surface area contributed by atoms with Gasteiger partial charge in [-0.3, -0.25) is 14.5 Å². The molecule has 0 bridgehead atoms. The maximum Gasteiger partial charge on any atom is 0.251 e. The number of imide groups is 1. The van der Waals surface area contributed by atoms with Gasteiger partial charge >= 0.3 is 0 Å². The number of amides is 2. The first-order valence-electron chi connectivity index (χ1n) is 5.78. The number of rotatable bonds is 2. The molecule has 18 heavy (non-hydrogen) atoms. The lowest BCUT2D eigenvalue weighted by molar-refractivity contribution is -0.146. The minimum Gasteiger partial charge on any atom is -0.396 e. The third kappa shape index (κ3) is 2.13. The Labute approximate surface area is 105 Å². The van der Waals surface area contributed by atoms with Gasteiger partial charge in [0.15, 0.2) is 0 Å². The molecular weight excluding hydrogens is 232 g/mol. The molecule has 2 heterocycles. The van der Waals surface area contributed by atoms with Gasteiger partial charge in [0.1, 0.15) is 11.9 Å². The van der Waals surface area contributed by atoms with E-state index in [0.717, 1.165) is 10.5 Å². The molecule has 1 aliphatic rings. The van der Waals surface area contributed by atoms with Gasteiger partial charge in [0.2, 0.25) is 5.91 Å². The number of anilines is 2. The lowest BCUT2D eigenvalue weighted by Gasteiger charge is -2.28. The van der Waals surface area contributed by atoms with Crippen LogP contribution in [0.2, 0.25) is 0 Å². The number of likely N-dealkylation sites (tertiary alicyclic amines) is 1. The summed E-state index contributed by atoms with van der Waals surface area (Å²) in [4.78, 5) is 28.5. The Morgan fingerprint density at radius 2 is 2.22 bits per heavy atom. The number of nitrogens with two attached hydrogens (primary N) is 1. The number of piperidine rings is 1. The number of pyridine rings is 1. The standard InChI is InChI=1S/C12H16N4O2/c1-7-5-6-14-11(10(7)13)15-8-3-4-9(17)16(2)12(8)18/h5-6,8H,3-4,13H2,1-2H3,(H,14,15).